The van der Waals surface area contributed by atoms with Gasteiger partial charge in [0.1, 0.15) is 11.6 Å². The van der Waals surface area contributed by atoms with Crippen molar-refractivity contribution in [2.24, 2.45) is 0 Å². The first-order valence-electron chi connectivity index (χ1n) is 11.0. The molecule has 4 rings (SSSR count). The molecule has 0 aliphatic carbocycles. The Bertz CT molecular complexity index is 1130. The topological polar surface area (TPSA) is 77.0 Å². The van der Waals surface area contributed by atoms with Crippen molar-refractivity contribution in [3.8, 4) is 28.5 Å². The first kappa shape index (κ1) is 23.3. The van der Waals surface area contributed by atoms with E-state index in [0.717, 1.165) is 17.1 Å². The Morgan fingerprint density at radius 2 is 1.71 bits per heavy atom. The van der Waals surface area contributed by atoms with Crippen LogP contribution < -0.4 is 19.1 Å². The van der Waals surface area contributed by atoms with Crippen LogP contribution in [-0.4, -0.2) is 67.5 Å². The van der Waals surface area contributed by atoms with Gasteiger partial charge in [-0.15, -0.1) is 10.2 Å². The Morgan fingerprint density at radius 1 is 0.941 bits per heavy atom. The lowest BCUT2D eigenvalue weighted by atomic mass is 10.1. The highest BCUT2D eigenvalue weighted by Gasteiger charge is 2.27. The van der Waals surface area contributed by atoms with Crippen molar-refractivity contribution in [3.63, 3.8) is 0 Å². The molecule has 8 nitrogen and oxygen atoms in total. The number of benzene rings is 2. The van der Waals surface area contributed by atoms with Gasteiger partial charge in [0.15, 0.2) is 23.4 Å². The van der Waals surface area contributed by atoms with Gasteiger partial charge in [0, 0.05) is 37.8 Å². The molecule has 1 unspecified atom stereocenters. The number of hydrogen-bond acceptors (Lipinski definition) is 7. The number of aromatic nitrogens is 2. The molecular formula is C25H27FN4O4. The van der Waals surface area contributed by atoms with Gasteiger partial charge in [-0.1, -0.05) is 6.07 Å². The number of hydrogen-bond donors (Lipinski definition) is 0. The Labute approximate surface area is 197 Å². The summed E-state index contributed by atoms with van der Waals surface area (Å²) in [4.78, 5) is 16.6. The zero-order chi connectivity index (χ0) is 24.1. The van der Waals surface area contributed by atoms with Gasteiger partial charge in [-0.25, -0.2) is 4.39 Å². The van der Waals surface area contributed by atoms with Gasteiger partial charge in [0.2, 0.25) is 0 Å². The molecule has 9 heteroatoms. The molecule has 0 N–H and O–H groups in total. The Morgan fingerprint density at radius 3 is 2.35 bits per heavy atom. The first-order valence-corrected chi connectivity index (χ1v) is 11.0. The fourth-order valence-electron chi connectivity index (χ4n) is 3.85. The summed E-state index contributed by atoms with van der Waals surface area (Å²) >= 11 is 0. The molecule has 1 saturated heterocycles. The second-order valence-corrected chi connectivity index (χ2v) is 7.88. The molecule has 2 heterocycles. The number of carbonyl (C=O) groups is 1. The van der Waals surface area contributed by atoms with Crippen molar-refractivity contribution in [2.75, 3.05) is 45.3 Å². The second-order valence-electron chi connectivity index (χ2n) is 7.88. The smallest absolute Gasteiger partial charge is 0.263 e. The summed E-state index contributed by atoms with van der Waals surface area (Å²) in [5, 5.41) is 8.76. The lowest BCUT2D eigenvalue weighted by Crippen LogP contribution is -2.52. The van der Waals surface area contributed by atoms with Crippen molar-refractivity contribution < 1.29 is 23.4 Å². The molecule has 1 aliphatic heterocycles. The van der Waals surface area contributed by atoms with Crippen LogP contribution in [0.3, 0.4) is 0 Å². The molecule has 0 bridgehead atoms. The van der Waals surface area contributed by atoms with Gasteiger partial charge < -0.3 is 24.0 Å². The van der Waals surface area contributed by atoms with E-state index < -0.39 is 11.9 Å². The van der Waals surface area contributed by atoms with Crippen molar-refractivity contribution in [3.05, 3.63) is 60.4 Å². The highest BCUT2D eigenvalue weighted by molar-refractivity contribution is 5.81. The maximum atomic E-state index is 13.4. The average Bonchev–Trinajstić information content (AvgIpc) is 2.88. The van der Waals surface area contributed by atoms with Gasteiger partial charge in [-0.3, -0.25) is 4.79 Å². The summed E-state index contributed by atoms with van der Waals surface area (Å²) in [6, 6.07) is 15.2. The van der Waals surface area contributed by atoms with E-state index in [2.05, 4.69) is 15.1 Å². The lowest BCUT2D eigenvalue weighted by molar-refractivity contribution is -0.138. The molecule has 3 aromatic rings. The van der Waals surface area contributed by atoms with E-state index >= 15 is 0 Å². The highest BCUT2D eigenvalue weighted by atomic mass is 19.1. The molecule has 0 spiro atoms. The van der Waals surface area contributed by atoms with Gasteiger partial charge in [-0.2, -0.15) is 0 Å². The summed E-state index contributed by atoms with van der Waals surface area (Å²) in [6.45, 7) is 4.01. The predicted molar refractivity (Wildman–Crippen MR) is 126 cm³/mol. The van der Waals surface area contributed by atoms with E-state index in [9.17, 15) is 9.18 Å². The Balaban J connectivity index is 1.34. The molecule has 0 radical (unpaired) electrons. The fraction of sp³-hybridized carbons (Fsp3) is 0.320. The number of piperazine rings is 1. The van der Waals surface area contributed by atoms with Crippen LogP contribution in [0.25, 0.3) is 11.3 Å². The van der Waals surface area contributed by atoms with Crippen LogP contribution in [0, 0.1) is 5.82 Å². The standard InChI is InChI=1S/C25H27FN4O4/c1-17(34-20-6-4-5-19(26)16-20)25(31)30-13-11-29(12-14-30)24-10-8-21(27-28-24)18-7-9-22(32-2)23(15-18)33-3/h4-10,15-17H,11-14H2,1-3H3. The third-order valence-corrected chi connectivity index (χ3v) is 5.70. The van der Waals surface area contributed by atoms with E-state index in [0.29, 0.717) is 43.4 Å². The second kappa shape index (κ2) is 10.4. The fourth-order valence-corrected chi connectivity index (χ4v) is 3.85. The van der Waals surface area contributed by atoms with Crippen LogP contribution in [0.2, 0.25) is 0 Å². The quantitative estimate of drug-likeness (QED) is 0.528. The maximum Gasteiger partial charge on any atom is 0.263 e. The largest absolute Gasteiger partial charge is 0.493 e. The van der Waals surface area contributed by atoms with Crippen molar-refractivity contribution in [1.29, 1.82) is 0 Å². The van der Waals surface area contributed by atoms with Crippen LogP contribution >= 0.6 is 0 Å². The third kappa shape index (κ3) is 5.19. The normalized spacial score (nSPS) is 14.5. The van der Waals surface area contributed by atoms with Crippen molar-refractivity contribution in [1.82, 2.24) is 15.1 Å². The number of ether oxygens (including phenoxy) is 3. The van der Waals surface area contributed by atoms with E-state index in [1.807, 2.05) is 30.3 Å². The van der Waals surface area contributed by atoms with Crippen molar-refractivity contribution in [2.45, 2.75) is 13.0 Å². The van der Waals surface area contributed by atoms with Gasteiger partial charge in [0.05, 0.1) is 19.9 Å². The zero-order valence-electron chi connectivity index (χ0n) is 19.4. The molecule has 34 heavy (non-hydrogen) atoms. The number of amides is 1. The third-order valence-electron chi connectivity index (χ3n) is 5.70. The molecule has 1 aliphatic rings. The van der Waals surface area contributed by atoms with Crippen LogP contribution in [-0.2, 0) is 4.79 Å². The molecule has 1 fully saturated rings. The lowest BCUT2D eigenvalue weighted by Gasteiger charge is -2.36. The average molecular weight is 467 g/mol. The molecular weight excluding hydrogens is 439 g/mol. The van der Waals surface area contributed by atoms with Crippen LogP contribution in [0.15, 0.2) is 54.6 Å². The number of carbonyl (C=O) groups excluding carboxylic acids is 1. The van der Waals surface area contributed by atoms with Gasteiger partial charge in [-0.05, 0) is 49.4 Å². The van der Waals surface area contributed by atoms with E-state index in [1.54, 1.807) is 38.2 Å². The summed E-state index contributed by atoms with van der Waals surface area (Å²) in [6.07, 6.45) is -0.700. The molecule has 1 aromatic heterocycles. The summed E-state index contributed by atoms with van der Waals surface area (Å²) in [7, 11) is 3.19. The Hall–Kier alpha value is -3.88. The highest BCUT2D eigenvalue weighted by Crippen LogP contribution is 2.31. The minimum Gasteiger partial charge on any atom is -0.493 e. The van der Waals surface area contributed by atoms with Gasteiger partial charge >= 0.3 is 0 Å². The molecule has 178 valence electrons. The Kier molecular flexibility index (Phi) is 7.10. The van der Waals surface area contributed by atoms with E-state index in [4.69, 9.17) is 14.2 Å². The molecule has 2 aromatic carbocycles. The van der Waals surface area contributed by atoms with Crippen LogP contribution in [0.4, 0.5) is 10.2 Å². The van der Waals surface area contributed by atoms with Crippen LogP contribution in [0.1, 0.15) is 6.92 Å². The first-order chi connectivity index (χ1) is 16.5. The maximum absolute atomic E-state index is 13.4. The molecule has 1 amide bonds. The van der Waals surface area contributed by atoms with E-state index in [1.165, 1.54) is 12.1 Å². The number of nitrogens with zero attached hydrogens (tertiary/aromatic N) is 4. The minimum absolute atomic E-state index is 0.126. The van der Waals surface area contributed by atoms with Crippen molar-refractivity contribution >= 4 is 11.7 Å². The predicted octanol–water partition coefficient (Wildman–Crippen LogP) is 3.42. The van der Waals surface area contributed by atoms with Crippen LogP contribution in [0.5, 0.6) is 17.2 Å². The number of methoxy groups -OCH3 is 2. The number of anilines is 1. The summed E-state index contributed by atoms with van der Waals surface area (Å²) in [5.41, 5.74) is 1.60. The zero-order valence-corrected chi connectivity index (χ0v) is 19.4. The minimum atomic E-state index is -0.700. The monoisotopic (exact) mass is 466 g/mol. The van der Waals surface area contributed by atoms with E-state index in [-0.39, 0.29) is 5.91 Å². The summed E-state index contributed by atoms with van der Waals surface area (Å²) < 4.78 is 29.6. The number of rotatable bonds is 7. The molecule has 0 saturated carbocycles. The molecule has 1 atom stereocenters. The summed E-state index contributed by atoms with van der Waals surface area (Å²) in [5.74, 6) is 1.84. The number of halogens is 1. The van der Waals surface area contributed by atoms with Gasteiger partial charge in [0.25, 0.3) is 5.91 Å². The SMILES string of the molecule is COc1ccc(-c2ccc(N3CCN(C(=O)C(C)Oc4cccc(F)c4)CC3)nn2)cc1OC.